The molecule has 0 saturated heterocycles. The highest BCUT2D eigenvalue weighted by Crippen LogP contribution is 2.27. The zero-order valence-electron chi connectivity index (χ0n) is 8.89. The van der Waals surface area contributed by atoms with Crippen LogP contribution in [-0.2, 0) is 0 Å². The van der Waals surface area contributed by atoms with E-state index in [1.807, 2.05) is 13.8 Å². The Morgan fingerprint density at radius 2 is 1.94 bits per heavy atom. The minimum absolute atomic E-state index is 0.141. The smallest absolute Gasteiger partial charge is 0.262 e. The average Bonchev–Trinajstić information content (AvgIpc) is 2.43. The van der Waals surface area contributed by atoms with Gasteiger partial charge < -0.3 is 15.9 Å². The van der Waals surface area contributed by atoms with E-state index in [0.29, 0.717) is 16.1 Å². The molecule has 2 aromatic heterocycles. The Morgan fingerprint density at radius 1 is 1.19 bits per heavy atom. The maximum absolute atomic E-state index is 5.55. The van der Waals surface area contributed by atoms with Gasteiger partial charge in [0.15, 0.2) is 0 Å². The number of oxazole rings is 1. The summed E-state index contributed by atoms with van der Waals surface area (Å²) in [6.45, 7) is 3.74. The van der Waals surface area contributed by atoms with Crippen molar-refractivity contribution in [3.8, 4) is 0 Å². The number of aryl methyl sites for hydroxylation is 2. The Labute approximate surface area is 96.5 Å². The van der Waals surface area contributed by atoms with Crippen molar-refractivity contribution < 1.29 is 4.42 Å². The molecule has 2 aromatic rings. The van der Waals surface area contributed by atoms with E-state index >= 15 is 0 Å². The molecule has 6 nitrogen and oxygen atoms in total. The van der Waals surface area contributed by atoms with Crippen LogP contribution in [-0.4, -0.2) is 15.0 Å². The molecular formula is C9H11N5OS. The second kappa shape index (κ2) is 4.01. The third kappa shape index (κ3) is 2.25. The van der Waals surface area contributed by atoms with Crippen LogP contribution in [0.4, 0.5) is 11.8 Å². The minimum Gasteiger partial charge on any atom is -0.436 e. The highest BCUT2D eigenvalue weighted by molar-refractivity contribution is 7.99. The van der Waals surface area contributed by atoms with Gasteiger partial charge in [0, 0.05) is 6.07 Å². The summed E-state index contributed by atoms with van der Waals surface area (Å²) in [4.78, 5) is 12.0. The molecule has 0 unspecified atom stereocenters. The van der Waals surface area contributed by atoms with E-state index in [1.54, 1.807) is 6.07 Å². The number of nitrogens with two attached hydrogens (primary N) is 2. The molecule has 16 heavy (non-hydrogen) atoms. The van der Waals surface area contributed by atoms with Gasteiger partial charge in [-0.1, -0.05) is 0 Å². The van der Waals surface area contributed by atoms with Crippen molar-refractivity contribution in [1.82, 2.24) is 15.0 Å². The molecule has 0 saturated carbocycles. The molecule has 0 spiro atoms. The van der Waals surface area contributed by atoms with E-state index in [0.717, 1.165) is 11.5 Å². The van der Waals surface area contributed by atoms with Crippen LogP contribution in [0.1, 0.15) is 11.5 Å². The van der Waals surface area contributed by atoms with E-state index < -0.39 is 0 Å². The van der Waals surface area contributed by atoms with Crippen molar-refractivity contribution in [3.05, 3.63) is 17.5 Å². The van der Waals surface area contributed by atoms with E-state index in [4.69, 9.17) is 15.9 Å². The molecule has 7 heteroatoms. The van der Waals surface area contributed by atoms with Crippen LogP contribution in [0.3, 0.4) is 0 Å². The molecule has 0 aliphatic carbocycles. The van der Waals surface area contributed by atoms with Gasteiger partial charge in [-0.2, -0.15) is 4.98 Å². The van der Waals surface area contributed by atoms with Gasteiger partial charge in [-0.05, 0) is 25.6 Å². The van der Waals surface area contributed by atoms with Crippen LogP contribution >= 0.6 is 11.8 Å². The van der Waals surface area contributed by atoms with Crippen LogP contribution < -0.4 is 11.5 Å². The maximum atomic E-state index is 5.55. The SMILES string of the molecule is Cc1nc(Sc2cc(N)nc(N)n2)oc1C. The van der Waals surface area contributed by atoms with E-state index in [1.165, 1.54) is 11.8 Å². The van der Waals surface area contributed by atoms with Gasteiger partial charge in [-0.25, -0.2) is 9.97 Å². The van der Waals surface area contributed by atoms with E-state index in [9.17, 15) is 0 Å². The lowest BCUT2D eigenvalue weighted by Gasteiger charge is -1.99. The van der Waals surface area contributed by atoms with E-state index in [-0.39, 0.29) is 5.95 Å². The monoisotopic (exact) mass is 237 g/mol. The minimum atomic E-state index is 0.141. The van der Waals surface area contributed by atoms with Crippen LogP contribution in [0.15, 0.2) is 20.7 Å². The van der Waals surface area contributed by atoms with Gasteiger partial charge in [-0.15, -0.1) is 0 Å². The normalized spacial score (nSPS) is 10.6. The van der Waals surface area contributed by atoms with Crippen molar-refractivity contribution in [2.24, 2.45) is 0 Å². The summed E-state index contributed by atoms with van der Waals surface area (Å²) in [6, 6.07) is 1.62. The number of hydrogen-bond acceptors (Lipinski definition) is 7. The molecule has 0 atom stereocenters. The Morgan fingerprint density at radius 3 is 2.50 bits per heavy atom. The molecule has 0 fully saturated rings. The number of nitrogen functional groups attached to an aromatic ring is 2. The first-order valence-corrected chi connectivity index (χ1v) is 5.38. The van der Waals surface area contributed by atoms with Crippen molar-refractivity contribution in [2.45, 2.75) is 24.1 Å². The highest BCUT2D eigenvalue weighted by Gasteiger charge is 2.09. The predicted octanol–water partition coefficient (Wildman–Crippen LogP) is 1.40. The number of nitrogens with zero attached hydrogens (tertiary/aromatic N) is 3. The van der Waals surface area contributed by atoms with E-state index in [2.05, 4.69) is 15.0 Å². The summed E-state index contributed by atoms with van der Waals surface area (Å²) in [5.41, 5.74) is 11.9. The summed E-state index contributed by atoms with van der Waals surface area (Å²) in [5, 5.41) is 1.14. The Balaban J connectivity index is 2.26. The summed E-state index contributed by atoms with van der Waals surface area (Å²) >= 11 is 1.26. The lowest BCUT2D eigenvalue weighted by Crippen LogP contribution is -1.99. The predicted molar refractivity (Wildman–Crippen MR) is 61.0 cm³/mol. The van der Waals surface area contributed by atoms with Crippen LogP contribution in [0.5, 0.6) is 0 Å². The molecule has 0 aliphatic rings. The first-order chi connectivity index (χ1) is 7.54. The summed E-state index contributed by atoms with van der Waals surface area (Å²) in [6.07, 6.45) is 0. The summed E-state index contributed by atoms with van der Waals surface area (Å²) < 4.78 is 5.41. The fraction of sp³-hybridized carbons (Fsp3) is 0.222. The molecule has 84 valence electrons. The third-order valence-corrected chi connectivity index (χ3v) is 2.71. The van der Waals surface area contributed by atoms with Gasteiger partial charge in [-0.3, -0.25) is 0 Å². The molecule has 2 rings (SSSR count). The van der Waals surface area contributed by atoms with Crippen LogP contribution in [0.2, 0.25) is 0 Å². The topological polar surface area (TPSA) is 104 Å². The van der Waals surface area contributed by atoms with Gasteiger partial charge in [0.1, 0.15) is 16.6 Å². The quantitative estimate of drug-likeness (QED) is 0.760. The average molecular weight is 237 g/mol. The number of hydrogen-bond donors (Lipinski definition) is 2. The van der Waals surface area contributed by atoms with Crippen molar-refractivity contribution in [2.75, 3.05) is 11.5 Å². The molecular weight excluding hydrogens is 226 g/mol. The van der Waals surface area contributed by atoms with Gasteiger partial charge in [0.25, 0.3) is 5.22 Å². The van der Waals surface area contributed by atoms with Crippen LogP contribution in [0, 0.1) is 13.8 Å². The first-order valence-electron chi connectivity index (χ1n) is 4.56. The fourth-order valence-electron chi connectivity index (χ4n) is 1.09. The second-order valence-electron chi connectivity index (χ2n) is 3.21. The van der Waals surface area contributed by atoms with Gasteiger partial charge >= 0.3 is 0 Å². The molecule has 0 amide bonds. The molecule has 0 bridgehead atoms. The zero-order valence-corrected chi connectivity index (χ0v) is 9.71. The lowest BCUT2D eigenvalue weighted by atomic mass is 10.4. The number of anilines is 2. The zero-order chi connectivity index (χ0) is 11.7. The summed E-state index contributed by atoms with van der Waals surface area (Å²) in [5.74, 6) is 1.26. The largest absolute Gasteiger partial charge is 0.436 e. The highest BCUT2D eigenvalue weighted by atomic mass is 32.2. The second-order valence-corrected chi connectivity index (χ2v) is 4.18. The number of aromatic nitrogens is 3. The summed E-state index contributed by atoms with van der Waals surface area (Å²) in [7, 11) is 0. The number of rotatable bonds is 2. The maximum Gasteiger partial charge on any atom is 0.262 e. The van der Waals surface area contributed by atoms with Gasteiger partial charge in [0.2, 0.25) is 5.95 Å². The molecule has 0 radical (unpaired) electrons. The third-order valence-electron chi connectivity index (χ3n) is 1.94. The Kier molecular flexibility index (Phi) is 2.69. The fourth-order valence-corrected chi connectivity index (χ4v) is 1.94. The Hall–Kier alpha value is -1.76. The van der Waals surface area contributed by atoms with Crippen molar-refractivity contribution >= 4 is 23.5 Å². The lowest BCUT2D eigenvalue weighted by molar-refractivity contribution is 0.431. The van der Waals surface area contributed by atoms with Crippen molar-refractivity contribution in [3.63, 3.8) is 0 Å². The molecule has 2 heterocycles. The first kappa shape index (κ1) is 10.7. The van der Waals surface area contributed by atoms with Crippen LogP contribution in [0.25, 0.3) is 0 Å². The standard InChI is InChI=1S/C9H11N5OS/c1-4-5(2)15-9(12-4)16-7-3-6(10)13-8(11)14-7/h3H,1-2H3,(H4,10,11,13,14). The molecule has 4 N–H and O–H groups in total. The van der Waals surface area contributed by atoms with Crippen molar-refractivity contribution in [1.29, 1.82) is 0 Å². The Bertz CT molecular complexity index is 485. The van der Waals surface area contributed by atoms with Gasteiger partial charge in [0.05, 0.1) is 5.69 Å². The molecule has 0 aliphatic heterocycles. The molecule has 0 aromatic carbocycles.